The fourth-order valence-corrected chi connectivity index (χ4v) is 3.92. The Bertz CT molecular complexity index is 577. The van der Waals surface area contributed by atoms with E-state index in [4.69, 9.17) is 0 Å². The van der Waals surface area contributed by atoms with Crippen molar-refractivity contribution in [1.29, 1.82) is 0 Å². The molecule has 1 N–H and O–H groups in total. The number of rotatable bonds is 3. The van der Waals surface area contributed by atoms with Crippen molar-refractivity contribution in [3.8, 4) is 0 Å². The zero-order chi connectivity index (χ0) is 14.3. The largest absolute Gasteiger partial charge is 0.388 e. The van der Waals surface area contributed by atoms with Crippen LogP contribution in [0.1, 0.15) is 18.9 Å². The monoisotopic (exact) mass is 283 g/mol. The van der Waals surface area contributed by atoms with Gasteiger partial charge in [0.1, 0.15) is 12.3 Å². The van der Waals surface area contributed by atoms with Crippen molar-refractivity contribution < 1.29 is 18.3 Å². The van der Waals surface area contributed by atoms with E-state index in [0.717, 1.165) is 9.87 Å². The van der Waals surface area contributed by atoms with Crippen LogP contribution in [0.2, 0.25) is 0 Å². The van der Waals surface area contributed by atoms with Gasteiger partial charge in [0.05, 0.1) is 10.5 Å². The third-order valence-corrected chi connectivity index (χ3v) is 5.44. The second kappa shape index (κ2) is 4.70. The van der Waals surface area contributed by atoms with Crippen LogP contribution >= 0.6 is 0 Å². The third kappa shape index (κ3) is 2.43. The van der Waals surface area contributed by atoms with E-state index in [-0.39, 0.29) is 17.9 Å². The molecule has 2 rings (SSSR count). The van der Waals surface area contributed by atoms with Crippen LogP contribution in [-0.4, -0.2) is 42.3 Å². The highest BCUT2D eigenvalue weighted by molar-refractivity contribution is 7.89. The lowest BCUT2D eigenvalue weighted by Crippen LogP contribution is -2.46. The molecule has 1 heterocycles. The van der Waals surface area contributed by atoms with Crippen molar-refractivity contribution in [2.75, 3.05) is 6.54 Å². The molecule has 0 saturated carbocycles. The van der Waals surface area contributed by atoms with E-state index in [1.165, 1.54) is 19.1 Å². The van der Waals surface area contributed by atoms with Gasteiger partial charge in [0, 0.05) is 6.54 Å². The molecule has 1 aromatic rings. The van der Waals surface area contributed by atoms with Gasteiger partial charge >= 0.3 is 0 Å². The number of hydrogen-bond donors (Lipinski definition) is 1. The minimum Gasteiger partial charge on any atom is -0.388 e. The fourth-order valence-electron chi connectivity index (χ4n) is 2.26. The van der Waals surface area contributed by atoms with Crippen molar-refractivity contribution in [3.63, 3.8) is 0 Å². The van der Waals surface area contributed by atoms with E-state index < -0.39 is 21.7 Å². The molecule has 1 aliphatic heterocycles. The maximum Gasteiger partial charge on any atom is 0.243 e. The van der Waals surface area contributed by atoms with Crippen molar-refractivity contribution in [3.05, 3.63) is 29.8 Å². The first-order chi connectivity index (χ1) is 8.79. The Balaban J connectivity index is 2.40. The Morgan fingerprint density at radius 1 is 1.37 bits per heavy atom. The summed E-state index contributed by atoms with van der Waals surface area (Å²) in [5, 5.41) is 10.0. The lowest BCUT2D eigenvalue weighted by atomic mass is 9.99. The predicted molar refractivity (Wildman–Crippen MR) is 70.2 cm³/mol. The van der Waals surface area contributed by atoms with Crippen LogP contribution in [-0.2, 0) is 14.8 Å². The first kappa shape index (κ1) is 14.2. The van der Waals surface area contributed by atoms with Gasteiger partial charge in [-0.15, -0.1) is 0 Å². The minimum atomic E-state index is -3.75. The molecular formula is C13H17NO4S. The molecule has 0 unspecified atom stereocenters. The molecule has 2 atom stereocenters. The van der Waals surface area contributed by atoms with Gasteiger partial charge in [-0.2, -0.15) is 4.31 Å². The molecule has 19 heavy (non-hydrogen) atoms. The van der Waals surface area contributed by atoms with E-state index in [0.29, 0.717) is 6.29 Å². The second-order valence-electron chi connectivity index (χ2n) is 5.12. The molecule has 0 bridgehead atoms. The van der Waals surface area contributed by atoms with Gasteiger partial charge in [-0.3, -0.25) is 0 Å². The summed E-state index contributed by atoms with van der Waals surface area (Å²) in [6.45, 7) is 3.49. The van der Waals surface area contributed by atoms with Gasteiger partial charge in [-0.1, -0.05) is 17.7 Å². The quantitative estimate of drug-likeness (QED) is 0.829. The average Bonchev–Trinajstić information content (AvgIpc) is 2.65. The minimum absolute atomic E-state index is 0.141. The molecule has 0 radical (unpaired) electrons. The van der Waals surface area contributed by atoms with Gasteiger partial charge in [-0.05, 0) is 32.4 Å². The molecule has 0 aliphatic carbocycles. The van der Waals surface area contributed by atoms with E-state index in [1.54, 1.807) is 12.1 Å². The number of carbonyl (C=O) groups excluding carboxylic acids is 1. The molecule has 5 nitrogen and oxygen atoms in total. The van der Waals surface area contributed by atoms with Gasteiger partial charge in [-0.25, -0.2) is 8.42 Å². The van der Waals surface area contributed by atoms with Gasteiger partial charge < -0.3 is 9.90 Å². The average molecular weight is 283 g/mol. The van der Waals surface area contributed by atoms with Crippen LogP contribution in [0, 0.1) is 6.92 Å². The summed E-state index contributed by atoms with van der Waals surface area (Å²) in [4.78, 5) is 11.2. The molecule has 104 valence electrons. The maximum absolute atomic E-state index is 12.5. The summed E-state index contributed by atoms with van der Waals surface area (Å²) in [7, 11) is -3.75. The van der Waals surface area contributed by atoms with Crippen LogP contribution in [0.5, 0.6) is 0 Å². The summed E-state index contributed by atoms with van der Waals surface area (Å²) in [5.74, 6) is 0. The molecular weight excluding hydrogens is 266 g/mol. The maximum atomic E-state index is 12.5. The van der Waals surface area contributed by atoms with Crippen molar-refractivity contribution >= 4 is 16.3 Å². The van der Waals surface area contributed by atoms with Crippen LogP contribution < -0.4 is 0 Å². The predicted octanol–water partition coefficient (Wildman–Crippen LogP) is 0.708. The topological polar surface area (TPSA) is 74.7 Å². The highest BCUT2D eigenvalue weighted by atomic mass is 32.2. The fraction of sp³-hybridized carbons (Fsp3) is 0.462. The molecule has 1 aliphatic rings. The Kier molecular flexibility index (Phi) is 3.51. The standard InChI is InChI=1S/C13H17NO4S/c1-10-3-5-11(6-4-10)19(17,18)14-8-7-13(2,16)12(14)9-15/h3-6,9,12,16H,7-8H2,1-2H3/t12-,13-/m1/s1. The summed E-state index contributed by atoms with van der Waals surface area (Å²) in [6.07, 6.45) is 0.750. The number of carbonyl (C=O) groups is 1. The van der Waals surface area contributed by atoms with E-state index in [1.807, 2.05) is 6.92 Å². The SMILES string of the molecule is Cc1ccc(S(=O)(=O)N2CC[C@@](C)(O)[C@H]2C=O)cc1. The Hall–Kier alpha value is -1.24. The number of hydrogen-bond acceptors (Lipinski definition) is 4. The zero-order valence-electron chi connectivity index (χ0n) is 10.9. The molecule has 1 fully saturated rings. The van der Waals surface area contributed by atoms with Crippen LogP contribution in [0.25, 0.3) is 0 Å². The van der Waals surface area contributed by atoms with Crippen molar-refractivity contribution in [2.45, 2.75) is 36.8 Å². The number of benzene rings is 1. The van der Waals surface area contributed by atoms with Crippen LogP contribution in [0.3, 0.4) is 0 Å². The van der Waals surface area contributed by atoms with E-state index in [2.05, 4.69) is 0 Å². The molecule has 1 saturated heterocycles. The van der Waals surface area contributed by atoms with E-state index in [9.17, 15) is 18.3 Å². The first-order valence-electron chi connectivity index (χ1n) is 6.05. The second-order valence-corrected chi connectivity index (χ2v) is 7.01. The number of aryl methyl sites for hydroxylation is 1. The smallest absolute Gasteiger partial charge is 0.243 e. The van der Waals surface area contributed by atoms with Crippen LogP contribution in [0.15, 0.2) is 29.2 Å². The van der Waals surface area contributed by atoms with Crippen molar-refractivity contribution in [1.82, 2.24) is 4.31 Å². The molecule has 1 aromatic carbocycles. The Morgan fingerprint density at radius 3 is 2.47 bits per heavy atom. The van der Waals surface area contributed by atoms with Crippen LogP contribution in [0.4, 0.5) is 0 Å². The first-order valence-corrected chi connectivity index (χ1v) is 7.49. The summed E-state index contributed by atoms with van der Waals surface area (Å²) >= 11 is 0. The number of aldehydes is 1. The number of nitrogens with zero attached hydrogens (tertiary/aromatic N) is 1. The van der Waals surface area contributed by atoms with Gasteiger partial charge in [0.15, 0.2) is 0 Å². The third-order valence-electron chi connectivity index (χ3n) is 3.54. The summed E-state index contributed by atoms with van der Waals surface area (Å²) < 4.78 is 26.0. The number of aliphatic hydroxyl groups is 1. The molecule has 0 aromatic heterocycles. The highest BCUT2D eigenvalue weighted by Gasteiger charge is 2.47. The van der Waals surface area contributed by atoms with Gasteiger partial charge in [0.25, 0.3) is 0 Å². The normalized spacial score (nSPS) is 28.5. The number of sulfonamides is 1. The lowest BCUT2D eigenvalue weighted by molar-refractivity contribution is -0.115. The Morgan fingerprint density at radius 2 is 1.95 bits per heavy atom. The highest BCUT2D eigenvalue weighted by Crippen LogP contribution is 2.32. The van der Waals surface area contributed by atoms with Crippen molar-refractivity contribution in [2.24, 2.45) is 0 Å². The molecule has 0 spiro atoms. The summed E-state index contributed by atoms with van der Waals surface area (Å²) in [6, 6.07) is 5.41. The van der Waals surface area contributed by atoms with E-state index >= 15 is 0 Å². The zero-order valence-corrected chi connectivity index (χ0v) is 11.7. The molecule has 0 amide bonds. The Labute approximate surface area is 112 Å². The lowest BCUT2D eigenvalue weighted by Gasteiger charge is -2.26. The van der Waals surface area contributed by atoms with Gasteiger partial charge in [0.2, 0.25) is 10.0 Å². The molecule has 6 heteroatoms. The summed E-state index contributed by atoms with van der Waals surface area (Å²) in [5.41, 5.74) is -0.348.